The Labute approximate surface area is 241 Å². The van der Waals surface area contributed by atoms with E-state index in [1.807, 2.05) is 44.4 Å². The molecular formula is C29H40N6O6. The number of nitrogens with zero attached hydrogens (tertiary/aromatic N) is 5. The molecule has 1 aromatic carbocycles. The van der Waals surface area contributed by atoms with Crippen molar-refractivity contribution < 1.29 is 28.7 Å². The van der Waals surface area contributed by atoms with Crippen molar-refractivity contribution in [2.75, 3.05) is 51.8 Å². The van der Waals surface area contributed by atoms with Crippen molar-refractivity contribution >= 4 is 29.7 Å². The summed E-state index contributed by atoms with van der Waals surface area (Å²) in [7, 11) is 3.61. The smallest absolute Gasteiger partial charge is 0.409 e. The first-order valence-electron chi connectivity index (χ1n) is 13.7. The Kier molecular flexibility index (Phi) is 10.6. The maximum atomic E-state index is 13.6. The molecule has 3 amide bonds. The molecule has 1 unspecified atom stereocenters. The molecule has 3 rings (SSSR count). The SMILES string of the molecule is CCOC(=O)N1CCN(C(=O)C(CCC(=O)OC(C)(C)C)NC(=O)c2cc(N(C)C)nc(-c3ccccc3)n2)CC1. The van der Waals surface area contributed by atoms with Crippen LogP contribution in [0, 0.1) is 0 Å². The number of hydrogen-bond donors (Lipinski definition) is 1. The van der Waals surface area contributed by atoms with Crippen LogP contribution in [0.5, 0.6) is 0 Å². The lowest BCUT2D eigenvalue weighted by Gasteiger charge is -2.36. The minimum Gasteiger partial charge on any atom is -0.460 e. The maximum absolute atomic E-state index is 13.6. The van der Waals surface area contributed by atoms with Crippen LogP contribution in [-0.4, -0.2) is 102 Å². The molecule has 1 saturated heterocycles. The fourth-order valence-electron chi connectivity index (χ4n) is 4.19. The van der Waals surface area contributed by atoms with Crippen LogP contribution in [-0.2, 0) is 19.1 Å². The number of anilines is 1. The van der Waals surface area contributed by atoms with E-state index in [1.165, 1.54) is 4.90 Å². The summed E-state index contributed by atoms with van der Waals surface area (Å²) in [5, 5.41) is 2.80. The third-order valence-corrected chi connectivity index (χ3v) is 6.21. The second kappa shape index (κ2) is 13.9. The molecule has 2 heterocycles. The second-order valence-corrected chi connectivity index (χ2v) is 10.9. The Bertz CT molecular complexity index is 1220. The molecule has 0 radical (unpaired) electrons. The minimum absolute atomic E-state index is 0.0364. The lowest BCUT2D eigenvalue weighted by molar-refractivity contribution is -0.155. The molecule has 1 atom stereocenters. The molecule has 12 nitrogen and oxygen atoms in total. The number of benzene rings is 1. The highest BCUT2D eigenvalue weighted by Gasteiger charge is 2.32. The quantitative estimate of drug-likeness (QED) is 0.453. The standard InChI is InChI=1S/C29H40N6O6/c1-7-40-28(39)35-17-15-34(16-18-35)27(38)21(13-14-24(36)41-29(2,3)4)31-26(37)22-19-23(33(5)6)32-25(30-22)20-11-9-8-10-12-20/h8-12,19,21H,7,13-18H2,1-6H3,(H,31,37). The average Bonchev–Trinajstić information content (AvgIpc) is 2.94. The number of esters is 1. The molecule has 1 fully saturated rings. The Morgan fingerprint density at radius 3 is 2.22 bits per heavy atom. The summed E-state index contributed by atoms with van der Waals surface area (Å²) in [6, 6.07) is 9.82. The van der Waals surface area contributed by atoms with Crippen LogP contribution in [0.2, 0.25) is 0 Å². The van der Waals surface area contributed by atoms with Gasteiger partial charge in [0.2, 0.25) is 5.91 Å². The molecule has 0 spiro atoms. The minimum atomic E-state index is -1.01. The molecule has 222 valence electrons. The van der Waals surface area contributed by atoms with Gasteiger partial charge in [-0.25, -0.2) is 14.8 Å². The van der Waals surface area contributed by atoms with Crippen LogP contribution >= 0.6 is 0 Å². The summed E-state index contributed by atoms with van der Waals surface area (Å²) >= 11 is 0. The van der Waals surface area contributed by atoms with Crippen molar-refractivity contribution in [3.63, 3.8) is 0 Å². The molecular weight excluding hydrogens is 528 g/mol. The topological polar surface area (TPSA) is 134 Å². The van der Waals surface area contributed by atoms with E-state index in [9.17, 15) is 19.2 Å². The number of amides is 3. The molecule has 1 aliphatic heterocycles. The predicted octanol–water partition coefficient (Wildman–Crippen LogP) is 2.73. The summed E-state index contributed by atoms with van der Waals surface area (Å²) in [5.41, 5.74) is 0.146. The first-order valence-corrected chi connectivity index (χ1v) is 13.7. The summed E-state index contributed by atoms with van der Waals surface area (Å²) in [5.74, 6) is -0.500. The average molecular weight is 569 g/mol. The molecule has 1 N–H and O–H groups in total. The third kappa shape index (κ3) is 9.16. The van der Waals surface area contributed by atoms with Crippen molar-refractivity contribution in [1.29, 1.82) is 0 Å². The van der Waals surface area contributed by atoms with E-state index >= 15 is 0 Å². The monoisotopic (exact) mass is 568 g/mol. The highest BCUT2D eigenvalue weighted by Crippen LogP contribution is 2.20. The van der Waals surface area contributed by atoms with Crippen LogP contribution < -0.4 is 10.2 Å². The number of nitrogens with one attached hydrogen (secondary N) is 1. The van der Waals surface area contributed by atoms with E-state index in [2.05, 4.69) is 15.3 Å². The van der Waals surface area contributed by atoms with Gasteiger partial charge in [0.05, 0.1) is 6.61 Å². The van der Waals surface area contributed by atoms with Gasteiger partial charge in [-0.2, -0.15) is 0 Å². The van der Waals surface area contributed by atoms with Crippen molar-refractivity contribution in [1.82, 2.24) is 25.1 Å². The van der Waals surface area contributed by atoms with E-state index in [4.69, 9.17) is 9.47 Å². The molecule has 2 aromatic rings. The largest absolute Gasteiger partial charge is 0.460 e. The van der Waals surface area contributed by atoms with Gasteiger partial charge in [0.25, 0.3) is 5.91 Å². The van der Waals surface area contributed by atoms with Crippen LogP contribution in [0.15, 0.2) is 36.4 Å². The van der Waals surface area contributed by atoms with Gasteiger partial charge in [0.1, 0.15) is 23.2 Å². The number of rotatable bonds is 9. The normalized spacial score (nSPS) is 14.2. The van der Waals surface area contributed by atoms with Crippen molar-refractivity contribution in [2.45, 2.75) is 52.2 Å². The maximum Gasteiger partial charge on any atom is 0.409 e. The van der Waals surface area contributed by atoms with Crippen molar-refractivity contribution in [2.24, 2.45) is 0 Å². The van der Waals surface area contributed by atoms with Crippen LogP contribution in [0.4, 0.5) is 10.6 Å². The molecule has 12 heteroatoms. The highest BCUT2D eigenvalue weighted by atomic mass is 16.6. The first kappa shape index (κ1) is 31.3. The summed E-state index contributed by atoms with van der Waals surface area (Å²) < 4.78 is 10.5. The van der Waals surface area contributed by atoms with Crippen LogP contribution in [0.25, 0.3) is 11.4 Å². The number of piperazine rings is 1. The Morgan fingerprint density at radius 2 is 1.63 bits per heavy atom. The number of carbonyl (C=O) groups is 4. The van der Waals surface area contributed by atoms with E-state index in [-0.39, 0.29) is 44.1 Å². The number of ether oxygens (including phenoxy) is 2. The second-order valence-electron chi connectivity index (χ2n) is 10.9. The fraction of sp³-hybridized carbons (Fsp3) is 0.517. The summed E-state index contributed by atoms with van der Waals surface area (Å²) in [6.45, 7) is 8.44. The number of hydrogen-bond acceptors (Lipinski definition) is 9. The third-order valence-electron chi connectivity index (χ3n) is 6.21. The molecule has 0 aliphatic carbocycles. The lowest BCUT2D eigenvalue weighted by atomic mass is 10.1. The molecule has 0 bridgehead atoms. The molecule has 41 heavy (non-hydrogen) atoms. The number of aromatic nitrogens is 2. The molecule has 1 aromatic heterocycles. The number of carbonyl (C=O) groups excluding carboxylic acids is 4. The van der Waals surface area contributed by atoms with Gasteiger partial charge in [-0.05, 0) is 34.1 Å². The van der Waals surface area contributed by atoms with Crippen molar-refractivity contribution in [3.8, 4) is 11.4 Å². The van der Waals surface area contributed by atoms with Crippen LogP contribution in [0.1, 0.15) is 51.0 Å². The Balaban J connectivity index is 1.82. The Hall–Kier alpha value is -4.22. The van der Waals surface area contributed by atoms with Gasteiger partial charge in [-0.15, -0.1) is 0 Å². The van der Waals surface area contributed by atoms with E-state index in [0.29, 0.717) is 24.7 Å². The Morgan fingerprint density at radius 1 is 1.00 bits per heavy atom. The zero-order chi connectivity index (χ0) is 30.2. The first-order chi connectivity index (χ1) is 19.4. The van der Waals surface area contributed by atoms with Gasteiger partial charge in [-0.1, -0.05) is 30.3 Å². The lowest BCUT2D eigenvalue weighted by Crippen LogP contribution is -2.56. The fourth-order valence-corrected chi connectivity index (χ4v) is 4.19. The van der Waals surface area contributed by atoms with Crippen molar-refractivity contribution in [3.05, 3.63) is 42.1 Å². The van der Waals surface area contributed by atoms with E-state index in [1.54, 1.807) is 43.6 Å². The van der Waals surface area contributed by atoms with E-state index in [0.717, 1.165) is 5.56 Å². The predicted molar refractivity (Wildman–Crippen MR) is 153 cm³/mol. The van der Waals surface area contributed by atoms with Gasteiger partial charge >= 0.3 is 12.1 Å². The highest BCUT2D eigenvalue weighted by molar-refractivity contribution is 5.97. The van der Waals surface area contributed by atoms with Crippen LogP contribution in [0.3, 0.4) is 0 Å². The van der Waals surface area contributed by atoms with Gasteiger partial charge < -0.3 is 29.5 Å². The zero-order valence-corrected chi connectivity index (χ0v) is 24.7. The summed E-state index contributed by atoms with van der Waals surface area (Å²) in [6.07, 6.45) is -0.461. The van der Waals surface area contributed by atoms with E-state index < -0.39 is 29.6 Å². The molecule has 1 aliphatic rings. The van der Waals surface area contributed by atoms with Gasteiger partial charge in [-0.3, -0.25) is 14.4 Å². The van der Waals surface area contributed by atoms with Gasteiger partial charge in [0, 0.05) is 58.3 Å². The van der Waals surface area contributed by atoms with Gasteiger partial charge in [0.15, 0.2) is 5.82 Å². The summed E-state index contributed by atoms with van der Waals surface area (Å²) in [4.78, 5) is 65.6. The zero-order valence-electron chi connectivity index (χ0n) is 24.7. The molecule has 0 saturated carbocycles.